The first-order valence-corrected chi connectivity index (χ1v) is 6.71. The van der Waals surface area contributed by atoms with Crippen molar-refractivity contribution in [2.45, 2.75) is 46.0 Å². The Hall–Kier alpha value is -0.410. The molecule has 3 heteroatoms. The van der Waals surface area contributed by atoms with Gasteiger partial charge in [-0.25, -0.2) is 0 Å². The predicted octanol–water partition coefficient (Wildman–Crippen LogP) is 3.23. The van der Waals surface area contributed by atoms with Gasteiger partial charge in [0.25, 0.3) is 0 Å². The molecule has 2 N–H and O–H groups in total. The van der Waals surface area contributed by atoms with Crippen LogP contribution in [-0.4, -0.2) is 11.5 Å². The monoisotopic (exact) mass is 226 g/mol. The molecule has 0 saturated carbocycles. The van der Waals surface area contributed by atoms with Crippen LogP contribution in [-0.2, 0) is 6.42 Å². The van der Waals surface area contributed by atoms with Gasteiger partial charge in [0.2, 0.25) is 0 Å². The molecular weight excluding hydrogens is 204 g/mol. The Morgan fingerprint density at radius 2 is 2.27 bits per heavy atom. The van der Waals surface area contributed by atoms with E-state index in [1.165, 1.54) is 30.6 Å². The van der Waals surface area contributed by atoms with E-state index in [9.17, 15) is 0 Å². The van der Waals surface area contributed by atoms with E-state index in [4.69, 9.17) is 5.73 Å². The molecule has 0 bridgehead atoms. The Morgan fingerprint density at radius 3 is 2.73 bits per heavy atom. The molecule has 0 fully saturated rings. The summed E-state index contributed by atoms with van der Waals surface area (Å²) in [6.07, 6.45) is 8.03. The van der Waals surface area contributed by atoms with Crippen molar-refractivity contribution in [1.29, 1.82) is 0 Å². The summed E-state index contributed by atoms with van der Waals surface area (Å²) in [5, 5.41) is 0. The molecule has 0 aliphatic heterocycles. The third kappa shape index (κ3) is 3.58. The molecule has 2 nitrogen and oxygen atoms in total. The molecule has 1 aromatic rings. The molecule has 0 aromatic carbocycles. The summed E-state index contributed by atoms with van der Waals surface area (Å²) in [4.78, 5) is 5.51. The zero-order valence-electron chi connectivity index (χ0n) is 9.83. The lowest BCUT2D eigenvalue weighted by Gasteiger charge is -2.31. The van der Waals surface area contributed by atoms with Gasteiger partial charge < -0.3 is 5.73 Å². The van der Waals surface area contributed by atoms with Crippen LogP contribution in [0.15, 0.2) is 11.7 Å². The number of hydrogen-bond acceptors (Lipinski definition) is 3. The summed E-state index contributed by atoms with van der Waals surface area (Å²) in [7, 11) is 0. The zero-order valence-corrected chi connectivity index (χ0v) is 10.6. The summed E-state index contributed by atoms with van der Waals surface area (Å²) in [5.41, 5.74) is 8.18. The second kappa shape index (κ2) is 6.23. The number of rotatable bonds is 7. The van der Waals surface area contributed by atoms with Gasteiger partial charge in [-0.2, -0.15) is 0 Å². The molecule has 0 saturated heterocycles. The first kappa shape index (κ1) is 12.7. The van der Waals surface area contributed by atoms with Crippen LogP contribution in [0.3, 0.4) is 0 Å². The van der Waals surface area contributed by atoms with Gasteiger partial charge >= 0.3 is 0 Å². The molecule has 1 unspecified atom stereocenters. The highest BCUT2D eigenvalue weighted by atomic mass is 32.1. The van der Waals surface area contributed by atoms with Crippen LogP contribution in [0.5, 0.6) is 0 Å². The van der Waals surface area contributed by atoms with E-state index in [2.05, 4.69) is 18.8 Å². The zero-order chi connectivity index (χ0) is 11.1. The SMILES string of the molecule is CCCCC(CC)(CN)Cc1cncs1. The van der Waals surface area contributed by atoms with Crippen LogP contribution in [0.2, 0.25) is 0 Å². The number of nitrogens with zero attached hydrogens (tertiary/aromatic N) is 1. The van der Waals surface area contributed by atoms with Crippen molar-refractivity contribution in [3.63, 3.8) is 0 Å². The molecule has 0 spiro atoms. The smallest absolute Gasteiger partial charge is 0.0794 e. The van der Waals surface area contributed by atoms with Gasteiger partial charge in [-0.1, -0.05) is 26.7 Å². The van der Waals surface area contributed by atoms with Gasteiger partial charge in [0.1, 0.15) is 0 Å². The molecule has 0 aliphatic rings. The third-order valence-electron chi connectivity index (χ3n) is 3.28. The number of unbranched alkanes of at least 4 members (excludes halogenated alkanes) is 1. The highest BCUT2D eigenvalue weighted by molar-refractivity contribution is 7.09. The van der Waals surface area contributed by atoms with Gasteiger partial charge in [-0.05, 0) is 31.2 Å². The number of aromatic nitrogens is 1. The fourth-order valence-electron chi connectivity index (χ4n) is 1.96. The standard InChI is InChI=1S/C12H22N2S/c1-3-5-6-12(4-2,9-13)7-11-8-14-10-15-11/h8,10H,3-7,9,13H2,1-2H3. The van der Waals surface area contributed by atoms with Crippen LogP contribution in [0.25, 0.3) is 0 Å². The maximum atomic E-state index is 5.96. The van der Waals surface area contributed by atoms with E-state index in [-0.39, 0.29) is 0 Å². The van der Waals surface area contributed by atoms with Crippen molar-refractivity contribution in [2.24, 2.45) is 11.1 Å². The van der Waals surface area contributed by atoms with Gasteiger partial charge in [0.05, 0.1) is 5.51 Å². The van der Waals surface area contributed by atoms with Gasteiger partial charge in [-0.15, -0.1) is 11.3 Å². The first-order valence-electron chi connectivity index (χ1n) is 5.84. The van der Waals surface area contributed by atoms with Crippen LogP contribution in [0.4, 0.5) is 0 Å². The van der Waals surface area contributed by atoms with Crippen molar-refractivity contribution in [2.75, 3.05) is 6.54 Å². The lowest BCUT2D eigenvalue weighted by atomic mass is 9.77. The van der Waals surface area contributed by atoms with Crippen LogP contribution < -0.4 is 5.73 Å². The largest absolute Gasteiger partial charge is 0.330 e. The predicted molar refractivity (Wildman–Crippen MR) is 67.1 cm³/mol. The molecular formula is C12H22N2S. The Balaban J connectivity index is 2.63. The van der Waals surface area contributed by atoms with E-state index in [0.29, 0.717) is 5.41 Å². The maximum Gasteiger partial charge on any atom is 0.0794 e. The van der Waals surface area contributed by atoms with Crippen molar-refractivity contribution in [3.05, 3.63) is 16.6 Å². The Morgan fingerprint density at radius 1 is 1.47 bits per heavy atom. The third-order valence-corrected chi connectivity index (χ3v) is 4.06. The Labute approximate surface area is 96.9 Å². The number of thiazole rings is 1. The molecule has 15 heavy (non-hydrogen) atoms. The molecule has 0 aliphatic carbocycles. The van der Waals surface area contributed by atoms with Crippen molar-refractivity contribution in [3.8, 4) is 0 Å². The minimum atomic E-state index is 0.308. The summed E-state index contributed by atoms with van der Waals surface area (Å²) in [6, 6.07) is 0. The lowest BCUT2D eigenvalue weighted by molar-refractivity contribution is 0.253. The minimum Gasteiger partial charge on any atom is -0.330 e. The summed E-state index contributed by atoms with van der Waals surface area (Å²) in [5.74, 6) is 0. The molecule has 0 amide bonds. The van der Waals surface area contributed by atoms with Gasteiger partial charge in [0, 0.05) is 11.1 Å². The number of nitrogens with two attached hydrogens (primary N) is 1. The Bertz CT molecular complexity index is 253. The molecule has 1 rings (SSSR count). The highest BCUT2D eigenvalue weighted by Gasteiger charge is 2.26. The molecule has 1 atom stereocenters. The van der Waals surface area contributed by atoms with E-state index in [0.717, 1.165) is 13.0 Å². The van der Waals surface area contributed by atoms with E-state index < -0.39 is 0 Å². The van der Waals surface area contributed by atoms with Crippen molar-refractivity contribution < 1.29 is 0 Å². The van der Waals surface area contributed by atoms with Crippen molar-refractivity contribution in [1.82, 2.24) is 4.98 Å². The molecule has 1 heterocycles. The fourth-order valence-corrected chi connectivity index (χ4v) is 2.73. The normalized spacial score (nSPS) is 15.1. The summed E-state index contributed by atoms with van der Waals surface area (Å²) >= 11 is 1.75. The highest BCUT2D eigenvalue weighted by Crippen LogP contribution is 2.32. The molecule has 86 valence electrons. The first-order chi connectivity index (χ1) is 7.26. The molecule has 0 radical (unpaired) electrons. The second-order valence-electron chi connectivity index (χ2n) is 4.31. The maximum absolute atomic E-state index is 5.96. The Kier molecular flexibility index (Phi) is 5.26. The van der Waals surface area contributed by atoms with Crippen LogP contribution in [0, 0.1) is 5.41 Å². The van der Waals surface area contributed by atoms with E-state index in [1.54, 1.807) is 11.3 Å². The molecule has 1 aromatic heterocycles. The van der Waals surface area contributed by atoms with E-state index in [1.807, 2.05) is 11.7 Å². The summed E-state index contributed by atoms with van der Waals surface area (Å²) in [6.45, 7) is 5.29. The minimum absolute atomic E-state index is 0.308. The lowest BCUT2D eigenvalue weighted by Crippen LogP contribution is -2.32. The van der Waals surface area contributed by atoms with E-state index >= 15 is 0 Å². The number of hydrogen-bond donors (Lipinski definition) is 1. The van der Waals surface area contributed by atoms with Gasteiger partial charge in [0.15, 0.2) is 0 Å². The van der Waals surface area contributed by atoms with Crippen LogP contribution in [0.1, 0.15) is 44.4 Å². The summed E-state index contributed by atoms with van der Waals surface area (Å²) < 4.78 is 0. The average Bonchev–Trinajstić information content (AvgIpc) is 2.77. The fraction of sp³-hybridized carbons (Fsp3) is 0.750. The quantitative estimate of drug-likeness (QED) is 0.775. The second-order valence-corrected chi connectivity index (χ2v) is 5.28. The van der Waals surface area contributed by atoms with Crippen LogP contribution >= 0.6 is 11.3 Å². The topological polar surface area (TPSA) is 38.9 Å². The van der Waals surface area contributed by atoms with Crippen molar-refractivity contribution >= 4 is 11.3 Å². The average molecular weight is 226 g/mol. The van der Waals surface area contributed by atoms with Gasteiger partial charge in [-0.3, -0.25) is 4.98 Å².